The third-order valence-electron chi connectivity index (χ3n) is 5.45. The van der Waals surface area contributed by atoms with Crippen LogP contribution in [0.2, 0.25) is 0 Å². The lowest BCUT2D eigenvalue weighted by Crippen LogP contribution is -2.31. The lowest BCUT2D eigenvalue weighted by molar-refractivity contribution is -0.137. The third kappa shape index (κ3) is 4.50. The number of para-hydroxylation sites is 1. The van der Waals surface area contributed by atoms with E-state index in [2.05, 4.69) is 0 Å². The van der Waals surface area contributed by atoms with Gasteiger partial charge in [-0.2, -0.15) is 0 Å². The number of unbranched alkanes of at least 4 members (excludes halogenated alkanes) is 3. The molecule has 0 amide bonds. The van der Waals surface area contributed by atoms with Crippen molar-refractivity contribution in [2.75, 3.05) is 6.61 Å². The van der Waals surface area contributed by atoms with E-state index in [0.29, 0.717) is 30.5 Å². The van der Waals surface area contributed by atoms with E-state index in [1.54, 1.807) is 0 Å². The summed E-state index contributed by atoms with van der Waals surface area (Å²) in [5, 5.41) is 8.67. The van der Waals surface area contributed by atoms with Gasteiger partial charge in [-0.05, 0) is 43.7 Å². The Morgan fingerprint density at radius 1 is 1.04 bits per heavy atom. The molecular weight excluding hydrogens is 304 g/mol. The highest BCUT2D eigenvalue weighted by Crippen LogP contribution is 2.45. The standard InChI is InChI=1S/C20H28O4/c21-20(22)11-7-2-1-6-10-16-17(19-13-12-18(16)24-19)14-23-15-8-4-3-5-9-15/h3-5,8-9,16-19H,1-2,6-7,10-14H2,(H,21,22). The number of benzene rings is 1. The molecule has 4 nitrogen and oxygen atoms in total. The van der Waals surface area contributed by atoms with Crippen molar-refractivity contribution in [1.29, 1.82) is 0 Å². The topological polar surface area (TPSA) is 55.8 Å². The maximum absolute atomic E-state index is 10.5. The summed E-state index contributed by atoms with van der Waals surface area (Å²) in [6, 6.07) is 10.0. The third-order valence-corrected chi connectivity index (χ3v) is 5.45. The van der Waals surface area contributed by atoms with Gasteiger partial charge in [0.1, 0.15) is 5.75 Å². The van der Waals surface area contributed by atoms with Gasteiger partial charge in [0.25, 0.3) is 0 Å². The van der Waals surface area contributed by atoms with Crippen molar-refractivity contribution >= 4 is 5.97 Å². The molecule has 1 aromatic rings. The van der Waals surface area contributed by atoms with Crippen molar-refractivity contribution in [2.24, 2.45) is 11.8 Å². The fourth-order valence-corrected chi connectivity index (χ4v) is 4.22. The van der Waals surface area contributed by atoms with Crippen LogP contribution in [0.15, 0.2) is 30.3 Å². The maximum atomic E-state index is 10.5. The van der Waals surface area contributed by atoms with Gasteiger partial charge in [-0.3, -0.25) is 4.79 Å². The molecule has 2 saturated heterocycles. The number of hydrogen-bond acceptors (Lipinski definition) is 3. The van der Waals surface area contributed by atoms with Crippen molar-refractivity contribution in [1.82, 2.24) is 0 Å². The number of carboxylic acid groups (broad SMARTS) is 1. The molecule has 1 N–H and O–H groups in total. The van der Waals surface area contributed by atoms with Gasteiger partial charge < -0.3 is 14.6 Å². The lowest BCUT2D eigenvalue weighted by atomic mass is 9.77. The van der Waals surface area contributed by atoms with Gasteiger partial charge in [-0.1, -0.05) is 37.5 Å². The molecule has 2 heterocycles. The van der Waals surface area contributed by atoms with Crippen molar-refractivity contribution in [3.05, 3.63) is 30.3 Å². The van der Waals surface area contributed by atoms with Crippen LogP contribution in [0.25, 0.3) is 0 Å². The fourth-order valence-electron chi connectivity index (χ4n) is 4.22. The Morgan fingerprint density at radius 2 is 1.75 bits per heavy atom. The fraction of sp³-hybridized carbons (Fsp3) is 0.650. The maximum Gasteiger partial charge on any atom is 0.303 e. The zero-order valence-corrected chi connectivity index (χ0v) is 14.2. The van der Waals surface area contributed by atoms with E-state index in [4.69, 9.17) is 14.6 Å². The number of carboxylic acids is 1. The molecule has 3 rings (SSSR count). The van der Waals surface area contributed by atoms with Crippen LogP contribution in [0.4, 0.5) is 0 Å². The Balaban J connectivity index is 1.42. The molecule has 2 aliphatic rings. The predicted molar refractivity (Wildman–Crippen MR) is 92.1 cm³/mol. The number of ether oxygens (including phenoxy) is 2. The van der Waals surface area contributed by atoms with Crippen LogP contribution in [-0.2, 0) is 9.53 Å². The van der Waals surface area contributed by atoms with Crippen LogP contribution >= 0.6 is 0 Å². The molecule has 0 aliphatic carbocycles. The minimum atomic E-state index is -0.686. The van der Waals surface area contributed by atoms with Crippen LogP contribution < -0.4 is 4.74 Å². The van der Waals surface area contributed by atoms with Crippen LogP contribution in [-0.4, -0.2) is 29.9 Å². The van der Waals surface area contributed by atoms with Crippen molar-refractivity contribution < 1.29 is 19.4 Å². The number of hydrogen-bond donors (Lipinski definition) is 1. The summed E-state index contributed by atoms with van der Waals surface area (Å²) < 4.78 is 12.1. The molecule has 2 aliphatic heterocycles. The quantitative estimate of drug-likeness (QED) is 0.650. The first-order valence-electron chi connectivity index (χ1n) is 9.29. The zero-order chi connectivity index (χ0) is 16.8. The summed E-state index contributed by atoms with van der Waals surface area (Å²) in [5.41, 5.74) is 0. The molecule has 4 atom stereocenters. The van der Waals surface area contributed by atoms with Gasteiger partial charge in [0.05, 0.1) is 18.8 Å². The van der Waals surface area contributed by atoms with E-state index in [1.807, 2.05) is 30.3 Å². The van der Waals surface area contributed by atoms with E-state index < -0.39 is 5.97 Å². The molecule has 132 valence electrons. The van der Waals surface area contributed by atoms with Crippen molar-refractivity contribution in [3.8, 4) is 5.75 Å². The molecule has 0 radical (unpaired) electrons. The van der Waals surface area contributed by atoms with Gasteiger partial charge in [-0.15, -0.1) is 0 Å². The summed E-state index contributed by atoms with van der Waals surface area (Å²) in [6.45, 7) is 0.745. The summed E-state index contributed by atoms with van der Waals surface area (Å²) in [6.07, 6.45) is 8.71. The van der Waals surface area contributed by atoms with Crippen LogP contribution in [0.3, 0.4) is 0 Å². The van der Waals surface area contributed by atoms with Crippen LogP contribution in [0.1, 0.15) is 51.4 Å². The normalized spacial score (nSPS) is 28.2. The Hall–Kier alpha value is -1.55. The minimum absolute atomic E-state index is 0.296. The predicted octanol–water partition coefficient (Wildman–Crippen LogP) is 4.28. The molecule has 4 heteroatoms. The molecule has 24 heavy (non-hydrogen) atoms. The molecular formula is C20H28O4. The Kier molecular flexibility index (Phi) is 6.13. The highest BCUT2D eigenvalue weighted by atomic mass is 16.5. The highest BCUT2D eigenvalue weighted by molar-refractivity contribution is 5.66. The molecule has 0 saturated carbocycles. The van der Waals surface area contributed by atoms with E-state index in [0.717, 1.165) is 31.6 Å². The molecule has 0 aromatic heterocycles. The first kappa shape index (κ1) is 17.3. The lowest BCUT2D eigenvalue weighted by Gasteiger charge is -2.28. The second-order valence-corrected chi connectivity index (χ2v) is 7.09. The van der Waals surface area contributed by atoms with Crippen molar-refractivity contribution in [2.45, 2.75) is 63.6 Å². The minimum Gasteiger partial charge on any atom is -0.493 e. The second-order valence-electron chi connectivity index (χ2n) is 7.09. The van der Waals surface area contributed by atoms with Gasteiger partial charge >= 0.3 is 5.97 Å². The van der Waals surface area contributed by atoms with E-state index in [9.17, 15) is 4.79 Å². The average molecular weight is 332 g/mol. The van der Waals surface area contributed by atoms with E-state index in [1.165, 1.54) is 25.7 Å². The number of carbonyl (C=O) groups is 1. The highest BCUT2D eigenvalue weighted by Gasteiger charge is 2.48. The first-order valence-corrected chi connectivity index (χ1v) is 9.29. The number of aliphatic carboxylic acids is 1. The molecule has 2 fully saturated rings. The van der Waals surface area contributed by atoms with Gasteiger partial charge in [0, 0.05) is 12.3 Å². The summed E-state index contributed by atoms with van der Waals surface area (Å²) >= 11 is 0. The largest absolute Gasteiger partial charge is 0.493 e. The second kappa shape index (κ2) is 8.52. The SMILES string of the molecule is O=C(O)CCCCCCC1C2CCC(O2)C1COc1ccccc1. The van der Waals surface area contributed by atoms with E-state index >= 15 is 0 Å². The summed E-state index contributed by atoms with van der Waals surface area (Å²) in [5.74, 6) is 1.36. The zero-order valence-electron chi connectivity index (χ0n) is 14.2. The first-order chi connectivity index (χ1) is 11.7. The van der Waals surface area contributed by atoms with Gasteiger partial charge in [0.15, 0.2) is 0 Å². The van der Waals surface area contributed by atoms with Gasteiger partial charge in [0.2, 0.25) is 0 Å². The summed E-state index contributed by atoms with van der Waals surface area (Å²) in [7, 11) is 0. The van der Waals surface area contributed by atoms with Crippen molar-refractivity contribution in [3.63, 3.8) is 0 Å². The van der Waals surface area contributed by atoms with Crippen LogP contribution in [0.5, 0.6) is 5.75 Å². The molecule has 4 unspecified atom stereocenters. The number of fused-ring (bicyclic) bond motifs is 2. The Bertz CT molecular complexity index is 516. The molecule has 0 spiro atoms. The average Bonchev–Trinajstić information content (AvgIpc) is 3.18. The summed E-state index contributed by atoms with van der Waals surface area (Å²) in [4.78, 5) is 10.5. The molecule has 2 bridgehead atoms. The number of rotatable bonds is 10. The van der Waals surface area contributed by atoms with Crippen LogP contribution in [0, 0.1) is 11.8 Å². The monoisotopic (exact) mass is 332 g/mol. The van der Waals surface area contributed by atoms with Gasteiger partial charge in [-0.25, -0.2) is 0 Å². The molecule has 1 aromatic carbocycles. The Morgan fingerprint density at radius 3 is 2.50 bits per heavy atom. The van der Waals surface area contributed by atoms with E-state index in [-0.39, 0.29) is 0 Å². The smallest absolute Gasteiger partial charge is 0.303 e. The Labute approximate surface area is 144 Å².